The van der Waals surface area contributed by atoms with Crippen molar-refractivity contribution in [2.24, 2.45) is 0 Å². The van der Waals surface area contributed by atoms with Gasteiger partial charge >= 0.3 is 12.3 Å². The van der Waals surface area contributed by atoms with Crippen molar-refractivity contribution in [2.45, 2.75) is 32.5 Å². The van der Waals surface area contributed by atoms with E-state index in [0.29, 0.717) is 0 Å². The molecule has 0 fully saturated rings. The summed E-state index contributed by atoms with van der Waals surface area (Å²) in [5.74, 6) is -1.22. The Balaban J connectivity index is 2.01. The van der Waals surface area contributed by atoms with Crippen molar-refractivity contribution >= 4 is 29.3 Å². The number of para-hydroxylation sites is 2. The molecule has 2 aromatic carbocycles. The van der Waals surface area contributed by atoms with Gasteiger partial charge in [0, 0.05) is 5.56 Å². The average molecular weight is 437 g/mol. The fraction of sp³-hybridized carbons (Fsp3) is 0.286. The largest absolute Gasteiger partial charge is 0.444 e. The molecule has 31 heavy (non-hydrogen) atoms. The first kappa shape index (κ1) is 23.7. The highest BCUT2D eigenvalue weighted by atomic mass is 19.4. The van der Waals surface area contributed by atoms with E-state index in [0.717, 1.165) is 24.3 Å². The smallest absolute Gasteiger partial charge is 0.416 e. The molecule has 0 aromatic heterocycles. The van der Waals surface area contributed by atoms with E-state index in [-0.39, 0.29) is 23.5 Å². The van der Waals surface area contributed by atoms with E-state index in [1.54, 1.807) is 32.9 Å². The van der Waals surface area contributed by atoms with E-state index in [2.05, 4.69) is 16.0 Å². The molecule has 0 spiro atoms. The summed E-state index contributed by atoms with van der Waals surface area (Å²) in [5.41, 5.74) is -1.08. The van der Waals surface area contributed by atoms with Gasteiger partial charge in [0.15, 0.2) is 0 Å². The van der Waals surface area contributed by atoms with Crippen molar-refractivity contribution in [1.82, 2.24) is 5.32 Å². The molecule has 7 nitrogen and oxygen atoms in total. The Morgan fingerprint density at radius 1 is 0.871 bits per heavy atom. The fourth-order valence-corrected chi connectivity index (χ4v) is 2.37. The number of anilines is 2. The predicted molar refractivity (Wildman–Crippen MR) is 109 cm³/mol. The van der Waals surface area contributed by atoms with Crippen LogP contribution >= 0.6 is 0 Å². The fourth-order valence-electron chi connectivity index (χ4n) is 2.37. The zero-order chi connectivity index (χ0) is 23.2. The van der Waals surface area contributed by atoms with Gasteiger partial charge < -0.3 is 20.7 Å². The number of alkyl halides is 3. The van der Waals surface area contributed by atoms with Gasteiger partial charge in [0.2, 0.25) is 5.91 Å². The molecule has 0 saturated carbocycles. The highest BCUT2D eigenvalue weighted by Gasteiger charge is 2.30. The number of halogens is 3. The first-order valence-electron chi connectivity index (χ1n) is 9.19. The van der Waals surface area contributed by atoms with E-state index in [1.807, 2.05) is 0 Å². The molecule has 0 heterocycles. The minimum Gasteiger partial charge on any atom is -0.444 e. The Hall–Kier alpha value is -3.56. The number of amides is 3. The molecular formula is C21H22F3N3O4. The molecule has 0 saturated heterocycles. The van der Waals surface area contributed by atoms with E-state index >= 15 is 0 Å². The molecule has 10 heteroatoms. The predicted octanol–water partition coefficient (Wildman–Crippen LogP) is 4.42. The summed E-state index contributed by atoms with van der Waals surface area (Å²) in [6, 6.07) is 10.00. The SMILES string of the molecule is CC(C)(C)OC(=O)NCC(=O)Nc1ccccc1NC(=O)c1ccc(C(F)(F)F)cc1. The Bertz CT molecular complexity index is 952. The molecular weight excluding hydrogens is 415 g/mol. The molecule has 0 aliphatic heterocycles. The van der Waals surface area contributed by atoms with Crippen LogP contribution in [-0.4, -0.2) is 30.1 Å². The Morgan fingerprint density at radius 2 is 1.42 bits per heavy atom. The average Bonchev–Trinajstić information content (AvgIpc) is 2.66. The van der Waals surface area contributed by atoms with Crippen LogP contribution in [0, 0.1) is 0 Å². The van der Waals surface area contributed by atoms with Gasteiger partial charge in [-0.3, -0.25) is 9.59 Å². The van der Waals surface area contributed by atoms with Crippen molar-refractivity contribution in [3.63, 3.8) is 0 Å². The third-order valence-corrected chi connectivity index (χ3v) is 3.72. The summed E-state index contributed by atoms with van der Waals surface area (Å²) in [6.45, 7) is 4.68. The molecule has 0 unspecified atom stereocenters. The quantitative estimate of drug-likeness (QED) is 0.645. The zero-order valence-electron chi connectivity index (χ0n) is 17.1. The zero-order valence-corrected chi connectivity index (χ0v) is 17.1. The van der Waals surface area contributed by atoms with Crippen LogP contribution in [0.25, 0.3) is 0 Å². The maximum atomic E-state index is 12.7. The lowest BCUT2D eigenvalue weighted by atomic mass is 10.1. The second-order valence-corrected chi connectivity index (χ2v) is 7.48. The first-order valence-corrected chi connectivity index (χ1v) is 9.19. The monoisotopic (exact) mass is 437 g/mol. The van der Waals surface area contributed by atoms with Crippen molar-refractivity contribution in [1.29, 1.82) is 0 Å². The van der Waals surface area contributed by atoms with Crippen LogP contribution in [0.5, 0.6) is 0 Å². The van der Waals surface area contributed by atoms with Crippen molar-refractivity contribution in [3.05, 3.63) is 59.7 Å². The van der Waals surface area contributed by atoms with E-state index < -0.39 is 35.2 Å². The van der Waals surface area contributed by atoms with Gasteiger partial charge in [0.25, 0.3) is 5.91 Å². The summed E-state index contributed by atoms with van der Waals surface area (Å²) < 4.78 is 43.0. The maximum Gasteiger partial charge on any atom is 0.416 e. The van der Waals surface area contributed by atoms with Gasteiger partial charge in [-0.2, -0.15) is 13.2 Å². The molecule has 0 atom stereocenters. The highest BCUT2D eigenvalue weighted by Crippen LogP contribution is 2.29. The van der Waals surface area contributed by atoms with Crippen molar-refractivity contribution < 1.29 is 32.3 Å². The molecule has 0 aliphatic carbocycles. The molecule has 2 rings (SSSR count). The van der Waals surface area contributed by atoms with Crippen LogP contribution in [0.15, 0.2) is 48.5 Å². The van der Waals surface area contributed by atoms with Gasteiger partial charge in [-0.1, -0.05) is 12.1 Å². The number of ether oxygens (including phenoxy) is 1. The van der Waals surface area contributed by atoms with Crippen LogP contribution in [0.2, 0.25) is 0 Å². The molecule has 3 N–H and O–H groups in total. The minimum atomic E-state index is -4.50. The van der Waals surface area contributed by atoms with E-state index in [1.165, 1.54) is 12.1 Å². The molecule has 0 radical (unpaired) electrons. The highest BCUT2D eigenvalue weighted by molar-refractivity contribution is 6.07. The topological polar surface area (TPSA) is 96.5 Å². The van der Waals surface area contributed by atoms with Crippen molar-refractivity contribution in [2.75, 3.05) is 17.2 Å². The molecule has 0 aliphatic rings. The first-order chi connectivity index (χ1) is 14.3. The van der Waals surface area contributed by atoms with Gasteiger partial charge in [0.1, 0.15) is 12.1 Å². The lowest BCUT2D eigenvalue weighted by molar-refractivity contribution is -0.137. The second-order valence-electron chi connectivity index (χ2n) is 7.48. The summed E-state index contributed by atoms with van der Waals surface area (Å²) in [5, 5.41) is 7.39. The van der Waals surface area contributed by atoms with Crippen LogP contribution in [0.4, 0.5) is 29.3 Å². The van der Waals surface area contributed by atoms with Gasteiger partial charge in [-0.05, 0) is 57.2 Å². The lowest BCUT2D eigenvalue weighted by Crippen LogP contribution is -2.37. The normalized spacial score (nSPS) is 11.4. The molecule has 166 valence electrons. The van der Waals surface area contributed by atoms with Gasteiger partial charge in [-0.15, -0.1) is 0 Å². The standard InChI is InChI=1S/C21H22F3N3O4/c1-20(2,3)31-19(30)25-12-17(28)26-15-6-4-5-7-16(15)27-18(29)13-8-10-14(11-9-13)21(22,23)24/h4-11H,12H2,1-3H3,(H,25,30)(H,26,28)(H,27,29). The number of hydrogen-bond acceptors (Lipinski definition) is 4. The van der Waals surface area contributed by atoms with E-state index in [4.69, 9.17) is 4.74 Å². The number of carbonyl (C=O) groups is 3. The molecule has 0 bridgehead atoms. The van der Waals surface area contributed by atoms with Crippen LogP contribution in [0.3, 0.4) is 0 Å². The maximum absolute atomic E-state index is 12.7. The van der Waals surface area contributed by atoms with E-state index in [9.17, 15) is 27.6 Å². The molecule has 2 aromatic rings. The van der Waals surface area contributed by atoms with Crippen LogP contribution < -0.4 is 16.0 Å². The Morgan fingerprint density at radius 3 is 1.94 bits per heavy atom. The van der Waals surface area contributed by atoms with Crippen LogP contribution in [0.1, 0.15) is 36.7 Å². The van der Waals surface area contributed by atoms with Gasteiger partial charge in [0.05, 0.1) is 16.9 Å². The number of alkyl carbamates (subject to hydrolysis) is 1. The Labute approximate surface area is 177 Å². The van der Waals surface area contributed by atoms with Gasteiger partial charge in [-0.25, -0.2) is 4.79 Å². The Kier molecular flexibility index (Phi) is 7.27. The lowest BCUT2D eigenvalue weighted by Gasteiger charge is -2.19. The summed E-state index contributed by atoms with van der Waals surface area (Å²) in [6.07, 6.45) is -5.26. The van der Waals surface area contributed by atoms with Crippen LogP contribution in [-0.2, 0) is 15.7 Å². The third kappa shape index (κ3) is 7.65. The number of nitrogens with one attached hydrogen (secondary N) is 3. The molecule has 3 amide bonds. The summed E-state index contributed by atoms with van der Waals surface area (Å²) in [7, 11) is 0. The number of carbonyl (C=O) groups excluding carboxylic acids is 3. The summed E-state index contributed by atoms with van der Waals surface area (Å²) >= 11 is 0. The number of hydrogen-bond donors (Lipinski definition) is 3. The summed E-state index contributed by atoms with van der Waals surface area (Å²) in [4.78, 5) is 36.1. The number of benzene rings is 2. The second kappa shape index (κ2) is 9.50. The third-order valence-electron chi connectivity index (χ3n) is 3.72. The minimum absolute atomic E-state index is 0.0146. The number of rotatable bonds is 5. The van der Waals surface area contributed by atoms with Crippen molar-refractivity contribution in [3.8, 4) is 0 Å².